The van der Waals surface area contributed by atoms with Crippen molar-refractivity contribution < 1.29 is 19.4 Å². The predicted molar refractivity (Wildman–Crippen MR) is 73.4 cm³/mol. The Bertz CT molecular complexity index is 494. The first-order chi connectivity index (χ1) is 9.56. The summed E-state index contributed by atoms with van der Waals surface area (Å²) in [6.45, 7) is 2.51. The Labute approximate surface area is 117 Å². The molecule has 0 unspecified atom stereocenters. The van der Waals surface area contributed by atoms with Gasteiger partial charge >= 0.3 is 5.97 Å². The zero-order chi connectivity index (χ0) is 14.5. The molecular weight excluding hydrogens is 258 g/mol. The van der Waals surface area contributed by atoms with Crippen LogP contribution in [-0.4, -0.2) is 35.7 Å². The molecule has 1 saturated heterocycles. The molecule has 1 amide bonds. The maximum absolute atomic E-state index is 11.9. The predicted octanol–water partition coefficient (Wildman–Crippen LogP) is 1.29. The van der Waals surface area contributed by atoms with Crippen LogP contribution in [0.4, 0.5) is 0 Å². The van der Waals surface area contributed by atoms with E-state index in [4.69, 9.17) is 4.74 Å². The third-order valence-electron chi connectivity index (χ3n) is 3.36. The Kier molecular flexibility index (Phi) is 4.74. The second-order valence-electron chi connectivity index (χ2n) is 5.09. The summed E-state index contributed by atoms with van der Waals surface area (Å²) in [6.07, 6.45) is 1.26. The molecule has 0 radical (unpaired) electrons. The number of carbonyl (C=O) groups excluding carboxylic acids is 1. The van der Waals surface area contributed by atoms with Crippen molar-refractivity contribution in [2.24, 2.45) is 0 Å². The first-order valence-electron chi connectivity index (χ1n) is 6.76. The maximum Gasteiger partial charge on any atom is 0.326 e. The van der Waals surface area contributed by atoms with E-state index >= 15 is 0 Å². The normalized spacial score (nSPS) is 19.6. The number of carboxylic acid groups (broad SMARTS) is 1. The average Bonchev–Trinajstić information content (AvgIpc) is 2.91. The van der Waals surface area contributed by atoms with Crippen molar-refractivity contribution in [1.82, 2.24) is 5.32 Å². The fraction of sp³-hybridized carbons (Fsp3) is 0.467. The lowest BCUT2D eigenvalue weighted by Gasteiger charge is -2.17. The van der Waals surface area contributed by atoms with Crippen LogP contribution in [0.25, 0.3) is 0 Å². The fourth-order valence-corrected chi connectivity index (χ4v) is 2.32. The highest BCUT2D eigenvalue weighted by molar-refractivity contribution is 5.86. The van der Waals surface area contributed by atoms with Crippen molar-refractivity contribution in [1.29, 1.82) is 0 Å². The molecule has 0 aliphatic carbocycles. The summed E-state index contributed by atoms with van der Waals surface area (Å²) in [4.78, 5) is 23.2. The molecule has 2 atom stereocenters. The fourth-order valence-electron chi connectivity index (χ4n) is 2.32. The van der Waals surface area contributed by atoms with Crippen molar-refractivity contribution in [3.8, 4) is 0 Å². The first kappa shape index (κ1) is 14.5. The lowest BCUT2D eigenvalue weighted by Crippen LogP contribution is -2.46. The van der Waals surface area contributed by atoms with Crippen LogP contribution in [0.3, 0.4) is 0 Å². The van der Waals surface area contributed by atoms with Crippen molar-refractivity contribution >= 4 is 11.9 Å². The Morgan fingerprint density at radius 1 is 1.50 bits per heavy atom. The van der Waals surface area contributed by atoms with Gasteiger partial charge in [-0.15, -0.1) is 0 Å². The van der Waals surface area contributed by atoms with E-state index in [0.717, 1.165) is 17.5 Å². The highest BCUT2D eigenvalue weighted by Crippen LogP contribution is 2.13. The highest BCUT2D eigenvalue weighted by Gasteiger charge is 2.28. The lowest BCUT2D eigenvalue weighted by atomic mass is 10.0. The van der Waals surface area contributed by atoms with Crippen LogP contribution in [0.15, 0.2) is 24.3 Å². The van der Waals surface area contributed by atoms with Gasteiger partial charge in [-0.1, -0.05) is 29.8 Å². The third-order valence-corrected chi connectivity index (χ3v) is 3.36. The number of amides is 1. The highest BCUT2D eigenvalue weighted by atomic mass is 16.5. The van der Waals surface area contributed by atoms with Gasteiger partial charge in [-0.05, 0) is 25.3 Å². The van der Waals surface area contributed by atoms with Gasteiger partial charge in [-0.2, -0.15) is 0 Å². The van der Waals surface area contributed by atoms with Crippen LogP contribution < -0.4 is 5.32 Å². The van der Waals surface area contributed by atoms with Crippen molar-refractivity contribution in [3.05, 3.63) is 35.4 Å². The van der Waals surface area contributed by atoms with Crippen LogP contribution in [-0.2, 0) is 20.7 Å². The van der Waals surface area contributed by atoms with Gasteiger partial charge in [0.2, 0.25) is 5.91 Å². The van der Waals surface area contributed by atoms with Gasteiger partial charge in [-0.3, -0.25) is 4.79 Å². The zero-order valence-electron chi connectivity index (χ0n) is 11.5. The van der Waals surface area contributed by atoms with Crippen LogP contribution in [0, 0.1) is 6.92 Å². The summed E-state index contributed by atoms with van der Waals surface area (Å²) in [6, 6.07) is 6.69. The molecule has 2 rings (SSSR count). The molecule has 1 fully saturated rings. The number of carbonyl (C=O) groups is 2. The van der Waals surface area contributed by atoms with E-state index in [-0.39, 0.29) is 12.3 Å². The van der Waals surface area contributed by atoms with Crippen LogP contribution in [0.5, 0.6) is 0 Å². The van der Waals surface area contributed by atoms with Crippen molar-refractivity contribution in [3.63, 3.8) is 0 Å². The lowest BCUT2D eigenvalue weighted by molar-refractivity contribution is -0.143. The smallest absolute Gasteiger partial charge is 0.326 e. The standard InChI is InChI=1S/C15H19NO4/c1-10-4-2-5-11(8-10)9-12(15(18)19)16-14(17)13-6-3-7-20-13/h2,4-5,8,12-13H,3,6-7,9H2,1H3,(H,16,17)(H,18,19)/t12-,13+/m0/s1. The Hall–Kier alpha value is -1.88. The molecule has 1 aliphatic rings. The molecule has 108 valence electrons. The SMILES string of the molecule is Cc1cccc(C[C@H](NC(=O)[C@H]2CCCO2)C(=O)O)c1. The second kappa shape index (κ2) is 6.52. The number of ether oxygens (including phenoxy) is 1. The summed E-state index contributed by atoms with van der Waals surface area (Å²) in [5.74, 6) is -1.36. The van der Waals surface area contributed by atoms with Crippen LogP contribution >= 0.6 is 0 Å². The van der Waals surface area contributed by atoms with E-state index < -0.39 is 18.1 Å². The zero-order valence-corrected chi connectivity index (χ0v) is 11.5. The largest absolute Gasteiger partial charge is 0.480 e. The monoisotopic (exact) mass is 277 g/mol. The number of hydrogen-bond acceptors (Lipinski definition) is 3. The van der Waals surface area contributed by atoms with E-state index in [2.05, 4.69) is 5.32 Å². The molecule has 1 aromatic rings. The van der Waals surface area contributed by atoms with E-state index in [0.29, 0.717) is 13.0 Å². The molecule has 2 N–H and O–H groups in total. The van der Waals surface area contributed by atoms with Gasteiger partial charge in [0, 0.05) is 13.0 Å². The van der Waals surface area contributed by atoms with Crippen LogP contribution in [0.2, 0.25) is 0 Å². The van der Waals surface area contributed by atoms with E-state index in [1.54, 1.807) is 0 Å². The summed E-state index contributed by atoms with van der Waals surface area (Å²) in [5, 5.41) is 11.8. The van der Waals surface area contributed by atoms with Gasteiger partial charge in [0.05, 0.1) is 0 Å². The molecule has 0 saturated carbocycles. The number of aryl methyl sites for hydroxylation is 1. The number of hydrogen-bond donors (Lipinski definition) is 2. The molecule has 0 bridgehead atoms. The Balaban J connectivity index is 2.00. The number of carboxylic acids is 1. The summed E-state index contributed by atoms with van der Waals surface area (Å²) < 4.78 is 5.26. The summed E-state index contributed by atoms with van der Waals surface area (Å²) >= 11 is 0. The first-order valence-corrected chi connectivity index (χ1v) is 6.76. The molecule has 1 aliphatic heterocycles. The Morgan fingerprint density at radius 2 is 2.30 bits per heavy atom. The van der Waals surface area contributed by atoms with Gasteiger partial charge in [-0.25, -0.2) is 4.79 Å². The van der Waals surface area contributed by atoms with E-state index in [1.807, 2.05) is 31.2 Å². The quantitative estimate of drug-likeness (QED) is 0.850. The van der Waals surface area contributed by atoms with Gasteiger partial charge in [0.15, 0.2) is 0 Å². The average molecular weight is 277 g/mol. The summed E-state index contributed by atoms with van der Waals surface area (Å²) in [7, 11) is 0. The van der Waals surface area contributed by atoms with E-state index in [9.17, 15) is 14.7 Å². The molecule has 0 aromatic heterocycles. The van der Waals surface area contributed by atoms with Crippen molar-refractivity contribution in [2.45, 2.75) is 38.3 Å². The number of rotatable bonds is 5. The van der Waals surface area contributed by atoms with Gasteiger partial charge in [0.25, 0.3) is 0 Å². The topological polar surface area (TPSA) is 75.6 Å². The van der Waals surface area contributed by atoms with Crippen molar-refractivity contribution in [2.75, 3.05) is 6.61 Å². The molecular formula is C15H19NO4. The second-order valence-corrected chi connectivity index (χ2v) is 5.09. The van der Waals surface area contributed by atoms with Gasteiger partial charge in [0.1, 0.15) is 12.1 Å². The molecule has 5 heteroatoms. The third kappa shape index (κ3) is 3.81. The minimum atomic E-state index is -1.03. The molecule has 20 heavy (non-hydrogen) atoms. The van der Waals surface area contributed by atoms with Gasteiger partial charge < -0.3 is 15.2 Å². The minimum absolute atomic E-state index is 0.273. The molecule has 5 nitrogen and oxygen atoms in total. The molecule has 0 spiro atoms. The van der Waals surface area contributed by atoms with Crippen LogP contribution in [0.1, 0.15) is 24.0 Å². The minimum Gasteiger partial charge on any atom is -0.480 e. The number of benzene rings is 1. The maximum atomic E-state index is 11.9. The number of aliphatic carboxylic acids is 1. The number of nitrogens with one attached hydrogen (secondary N) is 1. The Morgan fingerprint density at radius 3 is 2.90 bits per heavy atom. The molecule has 1 aromatic carbocycles. The summed E-state index contributed by atoms with van der Waals surface area (Å²) in [5.41, 5.74) is 1.96. The van der Waals surface area contributed by atoms with E-state index in [1.165, 1.54) is 0 Å². The molecule has 1 heterocycles.